The van der Waals surface area contributed by atoms with E-state index in [1.165, 1.54) is 23.8 Å². The third-order valence-electron chi connectivity index (χ3n) is 3.58. The fourth-order valence-corrected chi connectivity index (χ4v) is 2.84. The Morgan fingerprint density at radius 2 is 1.88 bits per heavy atom. The summed E-state index contributed by atoms with van der Waals surface area (Å²) in [5.74, 6) is -0.261. The lowest BCUT2D eigenvalue weighted by atomic mass is 10.1. The average Bonchev–Trinajstić information content (AvgIpc) is 2.99. The van der Waals surface area contributed by atoms with Gasteiger partial charge in [0, 0.05) is 24.4 Å². The highest BCUT2D eigenvalue weighted by molar-refractivity contribution is 7.14. The van der Waals surface area contributed by atoms with Gasteiger partial charge in [0.15, 0.2) is 5.13 Å². The van der Waals surface area contributed by atoms with E-state index in [0.717, 1.165) is 24.1 Å². The molecule has 26 heavy (non-hydrogen) atoms. The van der Waals surface area contributed by atoms with Crippen molar-refractivity contribution in [1.29, 1.82) is 0 Å². The first-order valence-corrected chi connectivity index (χ1v) is 9.03. The van der Waals surface area contributed by atoms with Gasteiger partial charge in [-0.2, -0.15) is 0 Å². The first kappa shape index (κ1) is 22.1. The van der Waals surface area contributed by atoms with Crippen molar-refractivity contribution in [1.82, 2.24) is 10.3 Å². The summed E-state index contributed by atoms with van der Waals surface area (Å²) in [6.07, 6.45) is 1.81. The maximum Gasteiger partial charge on any atom is 0.245 e. The number of hydrogen-bond acceptors (Lipinski definition) is 5. The summed E-state index contributed by atoms with van der Waals surface area (Å²) in [5, 5.41) is 7.97. The number of thiazole rings is 1. The van der Waals surface area contributed by atoms with Crippen molar-refractivity contribution < 1.29 is 9.59 Å². The van der Waals surface area contributed by atoms with Crippen LogP contribution < -0.4 is 16.4 Å². The van der Waals surface area contributed by atoms with Gasteiger partial charge in [0.05, 0.1) is 11.2 Å². The van der Waals surface area contributed by atoms with Gasteiger partial charge in [0.1, 0.15) is 0 Å². The van der Waals surface area contributed by atoms with Gasteiger partial charge in [0.25, 0.3) is 0 Å². The first-order valence-electron chi connectivity index (χ1n) is 8.15. The molecule has 142 valence electrons. The molecule has 0 spiro atoms. The van der Waals surface area contributed by atoms with Crippen molar-refractivity contribution in [3.05, 3.63) is 35.2 Å². The van der Waals surface area contributed by atoms with Crippen LogP contribution in [0.25, 0.3) is 11.3 Å². The smallest absolute Gasteiger partial charge is 0.245 e. The minimum Gasteiger partial charge on any atom is -0.356 e. The molecule has 1 heterocycles. The second kappa shape index (κ2) is 9.66. The van der Waals surface area contributed by atoms with Crippen LogP contribution in [0.1, 0.15) is 32.8 Å². The first-order chi connectivity index (χ1) is 11.8. The molecule has 6 nitrogen and oxygen atoms in total. The number of aromatic nitrogens is 1. The Hall–Kier alpha value is -1.96. The Morgan fingerprint density at radius 3 is 2.46 bits per heavy atom. The maximum atomic E-state index is 11.9. The highest BCUT2D eigenvalue weighted by Crippen LogP contribution is 2.25. The molecule has 8 heteroatoms. The molecule has 0 atom stereocenters. The lowest BCUT2D eigenvalue weighted by molar-refractivity contribution is -0.120. The van der Waals surface area contributed by atoms with Crippen molar-refractivity contribution in [2.24, 2.45) is 5.73 Å². The molecule has 0 unspecified atom stereocenters. The number of halogens is 1. The molecule has 2 aromatic rings. The normalized spacial score (nSPS) is 10.8. The van der Waals surface area contributed by atoms with Gasteiger partial charge in [0.2, 0.25) is 11.8 Å². The molecule has 0 saturated heterocycles. The largest absolute Gasteiger partial charge is 0.356 e. The lowest BCUT2D eigenvalue weighted by Crippen LogP contribution is -2.45. The molecule has 4 N–H and O–H groups in total. The molecule has 0 aliphatic carbocycles. The predicted molar refractivity (Wildman–Crippen MR) is 109 cm³/mol. The van der Waals surface area contributed by atoms with Crippen LogP contribution in [0.3, 0.4) is 0 Å². The van der Waals surface area contributed by atoms with Crippen LogP contribution in [0.5, 0.6) is 0 Å². The second-order valence-corrected chi connectivity index (χ2v) is 7.36. The summed E-state index contributed by atoms with van der Waals surface area (Å²) in [5.41, 5.74) is 7.85. The molecule has 0 bridgehead atoms. The minimum absolute atomic E-state index is 0. The highest BCUT2D eigenvalue weighted by atomic mass is 35.5. The van der Waals surface area contributed by atoms with Gasteiger partial charge in [-0.25, -0.2) is 4.98 Å². The van der Waals surface area contributed by atoms with Crippen LogP contribution in [0.15, 0.2) is 29.6 Å². The predicted octanol–water partition coefficient (Wildman–Crippen LogP) is 2.98. The summed E-state index contributed by atoms with van der Waals surface area (Å²) in [6.45, 7) is 5.51. The van der Waals surface area contributed by atoms with Crippen LogP contribution in [-0.2, 0) is 16.0 Å². The fraction of sp³-hybridized carbons (Fsp3) is 0.389. The number of nitrogens with zero attached hydrogens (tertiary/aromatic N) is 1. The lowest BCUT2D eigenvalue weighted by Gasteiger charge is -2.16. The van der Waals surface area contributed by atoms with Crippen molar-refractivity contribution in [3.63, 3.8) is 0 Å². The summed E-state index contributed by atoms with van der Waals surface area (Å²) in [6, 6.07) is 8.15. The van der Waals surface area contributed by atoms with Crippen LogP contribution in [0.4, 0.5) is 5.13 Å². The van der Waals surface area contributed by atoms with E-state index in [1.54, 1.807) is 13.8 Å². The SMILES string of the molecule is CC(=O)NCCCc1ccc(-c2csc(NC(=O)C(C)(C)N)n2)cc1.Cl. The van der Waals surface area contributed by atoms with E-state index in [-0.39, 0.29) is 24.2 Å². The third-order valence-corrected chi connectivity index (χ3v) is 4.33. The minimum atomic E-state index is -0.940. The van der Waals surface area contributed by atoms with Crippen molar-refractivity contribution in [2.45, 2.75) is 39.2 Å². The zero-order valence-corrected chi connectivity index (χ0v) is 16.8. The number of hydrogen-bond donors (Lipinski definition) is 3. The van der Waals surface area contributed by atoms with Gasteiger partial charge < -0.3 is 16.4 Å². The van der Waals surface area contributed by atoms with Crippen molar-refractivity contribution in [2.75, 3.05) is 11.9 Å². The third kappa shape index (κ3) is 6.74. The molecular formula is C18H25ClN4O2S. The van der Waals surface area contributed by atoms with Crippen LogP contribution in [0.2, 0.25) is 0 Å². The van der Waals surface area contributed by atoms with E-state index < -0.39 is 5.54 Å². The molecule has 1 aromatic carbocycles. The number of benzene rings is 1. The van der Waals surface area contributed by atoms with Gasteiger partial charge >= 0.3 is 0 Å². The van der Waals surface area contributed by atoms with E-state index in [4.69, 9.17) is 5.73 Å². The zero-order chi connectivity index (χ0) is 18.4. The number of nitrogens with one attached hydrogen (secondary N) is 2. The van der Waals surface area contributed by atoms with E-state index in [9.17, 15) is 9.59 Å². The molecule has 0 saturated carbocycles. The second-order valence-electron chi connectivity index (χ2n) is 6.50. The monoisotopic (exact) mass is 396 g/mol. The fourth-order valence-electron chi connectivity index (χ4n) is 2.12. The Morgan fingerprint density at radius 1 is 1.23 bits per heavy atom. The van der Waals surface area contributed by atoms with E-state index in [0.29, 0.717) is 11.7 Å². The standard InChI is InChI=1S/C18H24N4O2S.ClH/c1-12(23)20-10-4-5-13-6-8-14(9-7-13)15-11-25-17(21-15)22-16(24)18(2,3)19;/h6-9,11H,4-5,10,19H2,1-3H3,(H,20,23)(H,21,22,24);1H. The molecule has 0 aliphatic rings. The number of carbonyl (C=O) groups is 2. The van der Waals surface area contributed by atoms with Gasteiger partial charge in [-0.05, 0) is 32.3 Å². The van der Waals surface area contributed by atoms with E-state index in [2.05, 4.69) is 27.8 Å². The number of nitrogens with two attached hydrogens (primary N) is 1. The van der Waals surface area contributed by atoms with Gasteiger partial charge in [-0.3, -0.25) is 9.59 Å². The number of aryl methyl sites for hydroxylation is 1. The summed E-state index contributed by atoms with van der Waals surface area (Å²) >= 11 is 1.37. The quantitative estimate of drug-likeness (QED) is 0.626. The zero-order valence-electron chi connectivity index (χ0n) is 15.2. The van der Waals surface area contributed by atoms with Gasteiger partial charge in [-0.1, -0.05) is 24.3 Å². The van der Waals surface area contributed by atoms with Crippen LogP contribution in [0, 0.1) is 0 Å². The molecule has 0 radical (unpaired) electrons. The van der Waals surface area contributed by atoms with Crippen molar-refractivity contribution in [3.8, 4) is 11.3 Å². The topological polar surface area (TPSA) is 97.1 Å². The van der Waals surface area contributed by atoms with E-state index in [1.807, 2.05) is 17.5 Å². The summed E-state index contributed by atoms with van der Waals surface area (Å²) < 4.78 is 0. The van der Waals surface area contributed by atoms with Crippen molar-refractivity contribution >= 4 is 40.7 Å². The average molecular weight is 397 g/mol. The number of rotatable bonds is 7. The maximum absolute atomic E-state index is 11.9. The molecule has 0 fully saturated rings. The number of anilines is 1. The Balaban J connectivity index is 0.00000338. The molecule has 2 amide bonds. The molecule has 2 rings (SSSR count). The molecule has 1 aromatic heterocycles. The van der Waals surface area contributed by atoms with Crippen LogP contribution >= 0.6 is 23.7 Å². The van der Waals surface area contributed by atoms with E-state index >= 15 is 0 Å². The highest BCUT2D eigenvalue weighted by Gasteiger charge is 2.22. The Bertz CT molecular complexity index is 738. The summed E-state index contributed by atoms with van der Waals surface area (Å²) in [7, 11) is 0. The molecule has 0 aliphatic heterocycles. The van der Waals surface area contributed by atoms with Crippen LogP contribution in [-0.4, -0.2) is 28.9 Å². The number of carbonyl (C=O) groups excluding carboxylic acids is 2. The summed E-state index contributed by atoms with van der Waals surface area (Å²) in [4.78, 5) is 27.2. The Kier molecular flexibility index (Phi) is 8.20. The Labute approximate surface area is 164 Å². The van der Waals surface area contributed by atoms with Gasteiger partial charge in [-0.15, -0.1) is 23.7 Å². The number of amides is 2. The molecular weight excluding hydrogens is 372 g/mol.